The van der Waals surface area contributed by atoms with Gasteiger partial charge in [-0.15, -0.1) is 0 Å². The zero-order valence-corrected chi connectivity index (χ0v) is 5.31. The zero-order valence-electron chi connectivity index (χ0n) is 4.41. The van der Waals surface area contributed by atoms with Gasteiger partial charge in [-0.2, -0.15) is 11.4 Å². The van der Waals surface area contributed by atoms with Crippen LogP contribution in [-0.2, 0) is 0 Å². The van der Waals surface area contributed by atoms with Crippen molar-refractivity contribution in [1.29, 1.82) is 0 Å². The minimum Gasteiger partial charge on any atom is -0.264 e. The van der Waals surface area contributed by atoms with Crippen molar-refractivity contribution in [2.24, 2.45) is 0 Å². The molecule has 0 aliphatic heterocycles. The highest BCUT2D eigenvalue weighted by Crippen LogP contribution is 2.03. The third kappa shape index (κ3) is 1.17. The van der Waals surface area contributed by atoms with Crippen molar-refractivity contribution >= 4 is 17.2 Å². The van der Waals surface area contributed by atoms with Crippen LogP contribution >= 0.6 is 11.4 Å². The van der Waals surface area contributed by atoms with Gasteiger partial charge in [-0.3, -0.25) is 4.98 Å². The second kappa shape index (κ2) is 2.62. The monoisotopic (exact) mass is 125 g/mol. The standard InChI is InChI=1S/C6H7NS/c1-8-6-3-2-4-7-5-6/h2-5,8H,1H2. The Balaban J connectivity index is 2.99. The Morgan fingerprint density at radius 2 is 2.50 bits per heavy atom. The van der Waals surface area contributed by atoms with E-state index in [1.165, 1.54) is 0 Å². The van der Waals surface area contributed by atoms with Crippen LogP contribution in [0.15, 0.2) is 29.4 Å². The lowest BCUT2D eigenvalue weighted by Gasteiger charge is -1.85. The van der Waals surface area contributed by atoms with E-state index < -0.39 is 0 Å². The predicted octanol–water partition coefficient (Wildman–Crippen LogP) is 1.34. The smallest absolute Gasteiger partial charge is 0.0396 e. The second-order valence-corrected chi connectivity index (χ2v) is 2.20. The van der Waals surface area contributed by atoms with Crippen LogP contribution in [0, 0.1) is 0 Å². The summed E-state index contributed by atoms with van der Waals surface area (Å²) in [5, 5.41) is 0. The number of pyridine rings is 1. The molecular formula is C6H7NS. The molecule has 1 aromatic rings. The minimum atomic E-state index is 1.04. The van der Waals surface area contributed by atoms with Gasteiger partial charge in [0.05, 0.1) is 0 Å². The molecule has 2 heteroatoms. The lowest BCUT2D eigenvalue weighted by molar-refractivity contribution is 1.24. The first-order valence-corrected chi connectivity index (χ1v) is 3.38. The molecule has 1 nitrogen and oxygen atoms in total. The summed E-state index contributed by atoms with van der Waals surface area (Å²) >= 11 is 1.04. The Hall–Kier alpha value is -0.630. The second-order valence-electron chi connectivity index (χ2n) is 1.37. The summed E-state index contributed by atoms with van der Waals surface area (Å²) in [5.41, 5.74) is 0. The van der Waals surface area contributed by atoms with Crippen molar-refractivity contribution in [3.63, 3.8) is 0 Å². The molecule has 1 rings (SSSR count). The maximum Gasteiger partial charge on any atom is 0.0396 e. The molecule has 8 heavy (non-hydrogen) atoms. The van der Waals surface area contributed by atoms with Crippen molar-refractivity contribution in [2.75, 3.05) is 0 Å². The highest BCUT2D eigenvalue weighted by Gasteiger charge is 1.76. The van der Waals surface area contributed by atoms with E-state index in [0.717, 1.165) is 16.2 Å². The summed E-state index contributed by atoms with van der Waals surface area (Å²) in [6.07, 6.45) is 3.57. The van der Waals surface area contributed by atoms with E-state index in [9.17, 15) is 0 Å². The first-order chi connectivity index (χ1) is 3.93. The van der Waals surface area contributed by atoms with Gasteiger partial charge in [0.1, 0.15) is 0 Å². The molecule has 1 heterocycles. The fraction of sp³-hybridized carbons (Fsp3) is 0. The molecule has 0 aliphatic carbocycles. The van der Waals surface area contributed by atoms with Crippen molar-refractivity contribution in [3.05, 3.63) is 24.5 Å². The topological polar surface area (TPSA) is 12.9 Å². The van der Waals surface area contributed by atoms with Crippen LogP contribution in [0.3, 0.4) is 0 Å². The largest absolute Gasteiger partial charge is 0.264 e. The number of nitrogens with zero attached hydrogens (tertiary/aromatic N) is 1. The molecule has 0 N–H and O–H groups in total. The van der Waals surface area contributed by atoms with E-state index >= 15 is 0 Å². The molecule has 0 radical (unpaired) electrons. The molecule has 0 spiro atoms. The summed E-state index contributed by atoms with van der Waals surface area (Å²) in [6.45, 7) is 0. The van der Waals surface area contributed by atoms with Gasteiger partial charge in [0.15, 0.2) is 0 Å². The molecule has 42 valence electrons. The van der Waals surface area contributed by atoms with Crippen LogP contribution in [-0.4, -0.2) is 10.9 Å². The zero-order chi connectivity index (χ0) is 5.82. The van der Waals surface area contributed by atoms with Gasteiger partial charge in [-0.05, 0) is 12.1 Å². The Bertz CT molecular complexity index is 171. The van der Waals surface area contributed by atoms with E-state index in [1.54, 1.807) is 6.20 Å². The fourth-order valence-corrected chi connectivity index (χ4v) is 0.787. The van der Waals surface area contributed by atoms with Gasteiger partial charge in [-0.25, -0.2) is 0 Å². The SMILES string of the molecule is C=[SH]c1cccnc1. The van der Waals surface area contributed by atoms with Crippen molar-refractivity contribution < 1.29 is 0 Å². The van der Waals surface area contributed by atoms with Gasteiger partial charge in [-0.1, -0.05) is 5.87 Å². The summed E-state index contributed by atoms with van der Waals surface area (Å²) < 4.78 is 0. The Kier molecular flexibility index (Phi) is 1.80. The number of thiol groups is 1. The molecule has 0 aliphatic rings. The van der Waals surface area contributed by atoms with Crippen molar-refractivity contribution in [2.45, 2.75) is 4.90 Å². The molecule has 0 atom stereocenters. The van der Waals surface area contributed by atoms with E-state index in [1.807, 2.05) is 18.3 Å². The maximum absolute atomic E-state index is 3.91. The van der Waals surface area contributed by atoms with Crippen molar-refractivity contribution in [3.8, 4) is 0 Å². The first kappa shape index (κ1) is 5.51. The Labute approximate surface area is 52.3 Å². The average molecular weight is 125 g/mol. The van der Waals surface area contributed by atoms with Gasteiger partial charge >= 0.3 is 0 Å². The lowest BCUT2D eigenvalue weighted by Crippen LogP contribution is -1.66. The van der Waals surface area contributed by atoms with Crippen LogP contribution in [0.4, 0.5) is 0 Å². The molecule has 0 amide bonds. The quantitative estimate of drug-likeness (QED) is 0.441. The highest BCUT2D eigenvalue weighted by molar-refractivity contribution is 7.96. The summed E-state index contributed by atoms with van der Waals surface area (Å²) in [7, 11) is 0. The highest BCUT2D eigenvalue weighted by atomic mass is 32.1. The Morgan fingerprint density at radius 1 is 1.62 bits per heavy atom. The molecular weight excluding hydrogens is 118 g/mol. The molecule has 0 saturated carbocycles. The summed E-state index contributed by atoms with van der Waals surface area (Å²) in [6, 6.07) is 3.91. The summed E-state index contributed by atoms with van der Waals surface area (Å²) in [5.74, 6) is 3.69. The van der Waals surface area contributed by atoms with E-state index in [4.69, 9.17) is 0 Å². The molecule has 1 aromatic heterocycles. The Morgan fingerprint density at radius 3 is 2.88 bits per heavy atom. The normalized spacial score (nSPS) is 9.00. The third-order valence-electron chi connectivity index (χ3n) is 0.828. The number of hydrogen-bond donors (Lipinski definition) is 1. The predicted molar refractivity (Wildman–Crippen MR) is 38.6 cm³/mol. The van der Waals surface area contributed by atoms with Gasteiger partial charge in [0, 0.05) is 17.3 Å². The average Bonchev–Trinajstić information content (AvgIpc) is 1.90. The molecule has 0 aromatic carbocycles. The van der Waals surface area contributed by atoms with Gasteiger partial charge in [0.25, 0.3) is 0 Å². The fourth-order valence-electron chi connectivity index (χ4n) is 0.447. The number of aromatic nitrogens is 1. The lowest BCUT2D eigenvalue weighted by atomic mass is 10.5. The van der Waals surface area contributed by atoms with Crippen LogP contribution in [0.2, 0.25) is 0 Å². The van der Waals surface area contributed by atoms with E-state index in [-0.39, 0.29) is 0 Å². The number of rotatable bonds is 1. The van der Waals surface area contributed by atoms with Crippen LogP contribution < -0.4 is 0 Å². The maximum atomic E-state index is 3.91. The van der Waals surface area contributed by atoms with E-state index in [2.05, 4.69) is 10.9 Å². The molecule has 0 bridgehead atoms. The van der Waals surface area contributed by atoms with Crippen LogP contribution in [0.5, 0.6) is 0 Å². The molecule has 0 unspecified atom stereocenters. The van der Waals surface area contributed by atoms with Gasteiger partial charge in [0.2, 0.25) is 0 Å². The molecule has 0 saturated heterocycles. The van der Waals surface area contributed by atoms with Crippen molar-refractivity contribution in [1.82, 2.24) is 4.98 Å². The van der Waals surface area contributed by atoms with Gasteiger partial charge < -0.3 is 0 Å². The van der Waals surface area contributed by atoms with Crippen LogP contribution in [0.1, 0.15) is 0 Å². The first-order valence-electron chi connectivity index (χ1n) is 2.30. The minimum absolute atomic E-state index is 1.04. The summed E-state index contributed by atoms with van der Waals surface area (Å²) in [4.78, 5) is 5.07. The van der Waals surface area contributed by atoms with E-state index in [0.29, 0.717) is 0 Å². The number of hydrogen-bond acceptors (Lipinski definition) is 1. The van der Waals surface area contributed by atoms with Crippen LogP contribution in [0.25, 0.3) is 0 Å². The third-order valence-corrected chi connectivity index (χ3v) is 1.46. The molecule has 0 fully saturated rings.